The number of hydrogen-bond acceptors (Lipinski definition) is 3. The van der Waals surface area contributed by atoms with Crippen molar-refractivity contribution in [1.29, 1.82) is 0 Å². The van der Waals surface area contributed by atoms with E-state index in [1.807, 2.05) is 18.2 Å². The summed E-state index contributed by atoms with van der Waals surface area (Å²) in [7, 11) is 0. The van der Waals surface area contributed by atoms with E-state index in [9.17, 15) is 9.59 Å². The topological polar surface area (TPSA) is 75.6 Å². The molecule has 0 spiro atoms. The Morgan fingerprint density at radius 1 is 1.43 bits per heavy atom. The Hall–Kier alpha value is -1.56. The van der Waals surface area contributed by atoms with E-state index in [-0.39, 0.29) is 12.3 Å². The fraction of sp³-hybridized carbons (Fsp3) is 0.467. The molecule has 0 aliphatic rings. The van der Waals surface area contributed by atoms with Gasteiger partial charge >= 0.3 is 5.97 Å². The third kappa shape index (κ3) is 6.16. The number of rotatable bonds is 8. The van der Waals surface area contributed by atoms with Crippen molar-refractivity contribution in [1.82, 2.24) is 5.32 Å². The van der Waals surface area contributed by atoms with Crippen LogP contribution in [0, 0.1) is 0 Å². The lowest BCUT2D eigenvalue weighted by atomic mass is 10.2. The van der Waals surface area contributed by atoms with Gasteiger partial charge in [-0.15, -0.1) is 0 Å². The zero-order valence-corrected chi connectivity index (χ0v) is 13.8. The average molecular weight is 358 g/mol. The predicted molar refractivity (Wildman–Crippen MR) is 83.5 cm³/mol. The highest BCUT2D eigenvalue weighted by Gasteiger charge is 2.13. The van der Waals surface area contributed by atoms with Gasteiger partial charge in [-0.25, -0.2) is 0 Å². The van der Waals surface area contributed by atoms with Crippen molar-refractivity contribution in [2.75, 3.05) is 6.61 Å². The number of aryl methyl sites for hydroxylation is 1. The van der Waals surface area contributed by atoms with Crippen LogP contribution in [-0.2, 0) is 16.0 Å². The molecule has 0 saturated carbocycles. The number of carbonyl (C=O) groups is 2. The van der Waals surface area contributed by atoms with Gasteiger partial charge in [0.15, 0.2) is 0 Å². The fourth-order valence-electron chi connectivity index (χ4n) is 1.67. The third-order valence-corrected chi connectivity index (χ3v) is 3.58. The fourth-order valence-corrected chi connectivity index (χ4v) is 2.21. The minimum Gasteiger partial charge on any atom is -0.492 e. The predicted octanol–water partition coefficient (Wildman–Crippen LogP) is 2.76. The van der Waals surface area contributed by atoms with Crippen LogP contribution < -0.4 is 10.1 Å². The van der Waals surface area contributed by atoms with Crippen LogP contribution >= 0.6 is 15.9 Å². The van der Waals surface area contributed by atoms with Gasteiger partial charge in [-0.2, -0.15) is 0 Å². The molecule has 0 fully saturated rings. The summed E-state index contributed by atoms with van der Waals surface area (Å²) in [5.74, 6) is -0.583. The van der Waals surface area contributed by atoms with Gasteiger partial charge in [-0.1, -0.05) is 13.0 Å². The van der Waals surface area contributed by atoms with E-state index < -0.39 is 12.0 Å². The quantitative estimate of drug-likeness (QED) is 0.701. The van der Waals surface area contributed by atoms with Crippen LogP contribution in [0.2, 0.25) is 0 Å². The Balaban J connectivity index is 2.31. The first-order valence-corrected chi connectivity index (χ1v) is 7.66. The minimum absolute atomic E-state index is 0.238. The molecule has 2 N–H and O–H groups in total. The van der Waals surface area contributed by atoms with Crippen molar-refractivity contribution in [3.8, 4) is 5.75 Å². The monoisotopic (exact) mass is 357 g/mol. The number of nitrogens with one attached hydrogen (secondary N) is 1. The SMILES string of the molecule is CCc1ccc(OCCCC(=O)NC(C)C(=O)O)c(Br)c1. The summed E-state index contributed by atoms with van der Waals surface area (Å²) < 4.78 is 6.49. The smallest absolute Gasteiger partial charge is 0.325 e. The molecule has 5 nitrogen and oxygen atoms in total. The van der Waals surface area contributed by atoms with E-state index in [2.05, 4.69) is 28.2 Å². The Morgan fingerprint density at radius 2 is 2.14 bits per heavy atom. The second kappa shape index (κ2) is 8.67. The third-order valence-electron chi connectivity index (χ3n) is 2.96. The summed E-state index contributed by atoms with van der Waals surface area (Å²) >= 11 is 3.45. The molecule has 0 radical (unpaired) electrons. The largest absolute Gasteiger partial charge is 0.492 e. The molecule has 1 rings (SSSR count). The van der Waals surface area contributed by atoms with Gasteiger partial charge in [0.25, 0.3) is 0 Å². The van der Waals surface area contributed by atoms with Crippen molar-refractivity contribution >= 4 is 27.8 Å². The second-order valence-corrected chi connectivity index (χ2v) is 5.55. The summed E-state index contributed by atoms with van der Waals surface area (Å²) in [4.78, 5) is 22.1. The number of carboxylic acid groups (broad SMARTS) is 1. The van der Waals surface area contributed by atoms with E-state index in [1.165, 1.54) is 12.5 Å². The Kier molecular flexibility index (Phi) is 7.22. The van der Waals surface area contributed by atoms with Crippen molar-refractivity contribution in [3.05, 3.63) is 28.2 Å². The average Bonchev–Trinajstić information content (AvgIpc) is 2.44. The lowest BCUT2D eigenvalue weighted by Gasteiger charge is -2.11. The van der Waals surface area contributed by atoms with Gasteiger partial charge in [-0.3, -0.25) is 9.59 Å². The molecule has 1 aromatic rings. The van der Waals surface area contributed by atoms with E-state index in [1.54, 1.807) is 0 Å². The summed E-state index contributed by atoms with van der Waals surface area (Å²) in [5, 5.41) is 11.1. The van der Waals surface area contributed by atoms with Crippen molar-refractivity contribution < 1.29 is 19.4 Å². The zero-order valence-electron chi connectivity index (χ0n) is 12.2. The second-order valence-electron chi connectivity index (χ2n) is 4.70. The number of carbonyl (C=O) groups excluding carboxylic acids is 1. The molecule has 116 valence electrons. The van der Waals surface area contributed by atoms with Crippen molar-refractivity contribution in [2.24, 2.45) is 0 Å². The van der Waals surface area contributed by atoms with E-state index >= 15 is 0 Å². The first-order chi connectivity index (χ1) is 9.93. The van der Waals surface area contributed by atoms with Gasteiger partial charge in [-0.05, 0) is 53.4 Å². The molecule has 6 heteroatoms. The summed E-state index contributed by atoms with van der Waals surface area (Å²) in [6.07, 6.45) is 1.73. The van der Waals surface area contributed by atoms with Crippen LogP contribution in [0.1, 0.15) is 32.3 Å². The summed E-state index contributed by atoms with van der Waals surface area (Å²) in [6, 6.07) is 5.04. The molecule has 0 aromatic heterocycles. The first kappa shape index (κ1) is 17.5. The van der Waals surface area contributed by atoms with Gasteiger partial charge in [0.2, 0.25) is 5.91 Å². The highest BCUT2D eigenvalue weighted by atomic mass is 79.9. The molecule has 21 heavy (non-hydrogen) atoms. The molecule has 0 heterocycles. The number of benzene rings is 1. The number of hydrogen-bond donors (Lipinski definition) is 2. The highest BCUT2D eigenvalue weighted by molar-refractivity contribution is 9.10. The number of halogens is 1. The number of carboxylic acids is 1. The maximum atomic E-state index is 11.5. The molecule has 0 aliphatic heterocycles. The summed E-state index contributed by atoms with van der Waals surface area (Å²) in [6.45, 7) is 3.92. The molecule has 1 unspecified atom stereocenters. The van der Waals surface area contributed by atoms with Crippen LogP contribution in [0.15, 0.2) is 22.7 Å². The molecular formula is C15H20BrNO4. The van der Waals surface area contributed by atoms with E-state index in [4.69, 9.17) is 9.84 Å². The number of amides is 1. The molecule has 0 saturated heterocycles. The van der Waals surface area contributed by atoms with Gasteiger partial charge in [0.05, 0.1) is 11.1 Å². The van der Waals surface area contributed by atoms with Crippen LogP contribution in [-0.4, -0.2) is 29.6 Å². The van der Waals surface area contributed by atoms with Crippen LogP contribution in [0.25, 0.3) is 0 Å². The Bertz CT molecular complexity index is 504. The van der Waals surface area contributed by atoms with Crippen molar-refractivity contribution in [3.63, 3.8) is 0 Å². The lowest BCUT2D eigenvalue weighted by molar-refractivity contribution is -0.141. The summed E-state index contributed by atoms with van der Waals surface area (Å²) in [5.41, 5.74) is 1.22. The molecule has 0 bridgehead atoms. The Morgan fingerprint density at radius 3 is 2.71 bits per heavy atom. The maximum Gasteiger partial charge on any atom is 0.325 e. The molecule has 0 aliphatic carbocycles. The van der Waals surface area contributed by atoms with Crippen LogP contribution in [0.5, 0.6) is 5.75 Å². The van der Waals surface area contributed by atoms with Crippen molar-refractivity contribution in [2.45, 2.75) is 39.2 Å². The molecule has 1 amide bonds. The molecule has 1 aromatic carbocycles. The standard InChI is InChI=1S/C15H20BrNO4/c1-3-11-6-7-13(12(16)9-11)21-8-4-5-14(18)17-10(2)15(19)20/h6-7,9-10H,3-5,8H2,1-2H3,(H,17,18)(H,19,20). The minimum atomic E-state index is -1.04. The normalized spacial score (nSPS) is 11.8. The Labute approximate surface area is 132 Å². The molecular weight excluding hydrogens is 338 g/mol. The maximum absolute atomic E-state index is 11.5. The van der Waals surface area contributed by atoms with Gasteiger partial charge in [0, 0.05) is 6.42 Å². The van der Waals surface area contributed by atoms with Crippen LogP contribution in [0.4, 0.5) is 0 Å². The van der Waals surface area contributed by atoms with Gasteiger partial charge in [0.1, 0.15) is 11.8 Å². The number of aliphatic carboxylic acids is 1. The van der Waals surface area contributed by atoms with E-state index in [0.29, 0.717) is 13.0 Å². The van der Waals surface area contributed by atoms with Gasteiger partial charge < -0.3 is 15.2 Å². The van der Waals surface area contributed by atoms with E-state index in [0.717, 1.165) is 16.6 Å². The zero-order chi connectivity index (χ0) is 15.8. The number of ether oxygens (including phenoxy) is 1. The molecule has 1 atom stereocenters. The van der Waals surface area contributed by atoms with Crippen LogP contribution in [0.3, 0.4) is 0 Å². The highest BCUT2D eigenvalue weighted by Crippen LogP contribution is 2.26. The first-order valence-electron chi connectivity index (χ1n) is 6.87. The lowest BCUT2D eigenvalue weighted by Crippen LogP contribution is -2.38.